The number of anilines is 1. The summed E-state index contributed by atoms with van der Waals surface area (Å²) in [5, 5.41) is 6.91. The monoisotopic (exact) mass is 298 g/mol. The van der Waals surface area contributed by atoms with Crippen molar-refractivity contribution in [3.05, 3.63) is 29.2 Å². The van der Waals surface area contributed by atoms with Gasteiger partial charge in [0.25, 0.3) is 0 Å². The standard InChI is InChI=1S/C12H13F3N6/c1-7-5-9(17-8(2)16-7)20-3-4-21-10(6-20)18-19-11(21)12(13,14)15/h5H,3-4,6H2,1-2H3. The van der Waals surface area contributed by atoms with Crippen LogP contribution in [-0.4, -0.2) is 31.3 Å². The first-order valence-electron chi connectivity index (χ1n) is 6.41. The van der Waals surface area contributed by atoms with Gasteiger partial charge in [-0.05, 0) is 13.8 Å². The highest BCUT2D eigenvalue weighted by Gasteiger charge is 2.39. The van der Waals surface area contributed by atoms with E-state index in [1.165, 1.54) is 0 Å². The van der Waals surface area contributed by atoms with Crippen molar-refractivity contribution >= 4 is 5.82 Å². The Bertz CT molecular complexity index is 658. The second kappa shape index (κ2) is 4.68. The number of hydrogen-bond donors (Lipinski definition) is 0. The zero-order valence-electron chi connectivity index (χ0n) is 11.5. The number of alkyl halides is 3. The number of halogens is 3. The van der Waals surface area contributed by atoms with Gasteiger partial charge in [0.15, 0.2) is 5.82 Å². The molecule has 6 nitrogen and oxygen atoms in total. The summed E-state index contributed by atoms with van der Waals surface area (Å²) < 4.78 is 39.5. The van der Waals surface area contributed by atoms with Crippen LogP contribution in [0.1, 0.15) is 23.2 Å². The molecule has 0 aliphatic carbocycles. The lowest BCUT2D eigenvalue weighted by Gasteiger charge is -2.29. The fourth-order valence-corrected chi connectivity index (χ4v) is 2.42. The molecule has 9 heteroatoms. The molecule has 3 heterocycles. The third kappa shape index (κ3) is 2.55. The van der Waals surface area contributed by atoms with Crippen molar-refractivity contribution in [3.63, 3.8) is 0 Å². The minimum absolute atomic E-state index is 0.180. The highest BCUT2D eigenvalue weighted by atomic mass is 19.4. The molecule has 0 amide bonds. The Labute approximate surface area is 118 Å². The summed E-state index contributed by atoms with van der Waals surface area (Å²) in [6, 6.07) is 1.81. The number of fused-ring (bicyclic) bond motifs is 1. The number of nitrogens with zero attached hydrogens (tertiary/aromatic N) is 6. The minimum Gasteiger partial charge on any atom is -0.347 e. The van der Waals surface area contributed by atoms with Crippen LogP contribution in [0, 0.1) is 13.8 Å². The molecule has 2 aromatic heterocycles. The van der Waals surface area contributed by atoms with Crippen LogP contribution in [-0.2, 0) is 19.3 Å². The number of hydrogen-bond acceptors (Lipinski definition) is 5. The van der Waals surface area contributed by atoms with Crippen LogP contribution in [0.3, 0.4) is 0 Å². The molecule has 0 bridgehead atoms. The van der Waals surface area contributed by atoms with Crippen molar-refractivity contribution in [2.24, 2.45) is 0 Å². The molecule has 3 rings (SSSR count). The molecule has 0 atom stereocenters. The molecule has 2 aromatic rings. The molecule has 0 radical (unpaired) electrons. The fraction of sp³-hybridized carbons (Fsp3) is 0.500. The largest absolute Gasteiger partial charge is 0.451 e. The second-order valence-corrected chi connectivity index (χ2v) is 4.93. The van der Waals surface area contributed by atoms with Crippen molar-refractivity contribution in [1.82, 2.24) is 24.7 Å². The summed E-state index contributed by atoms with van der Waals surface area (Å²) in [7, 11) is 0. The molecule has 0 aromatic carbocycles. The molecule has 0 fully saturated rings. The van der Waals surface area contributed by atoms with Crippen LogP contribution in [0.4, 0.5) is 19.0 Å². The maximum absolute atomic E-state index is 12.8. The minimum atomic E-state index is -4.48. The number of aromatic nitrogens is 5. The third-order valence-corrected chi connectivity index (χ3v) is 3.28. The quantitative estimate of drug-likeness (QED) is 0.802. The second-order valence-electron chi connectivity index (χ2n) is 4.93. The zero-order valence-corrected chi connectivity index (χ0v) is 11.5. The Hall–Kier alpha value is -2.19. The summed E-state index contributed by atoms with van der Waals surface area (Å²) in [6.45, 7) is 4.49. The van der Waals surface area contributed by atoms with Gasteiger partial charge in [-0.2, -0.15) is 13.2 Å². The lowest BCUT2D eigenvalue weighted by Crippen LogP contribution is -2.36. The molecular formula is C12H13F3N6. The summed E-state index contributed by atoms with van der Waals surface area (Å²) in [6.07, 6.45) is -4.48. The molecule has 21 heavy (non-hydrogen) atoms. The average molecular weight is 298 g/mol. The van der Waals surface area contributed by atoms with Crippen molar-refractivity contribution in [1.29, 1.82) is 0 Å². The van der Waals surface area contributed by atoms with Gasteiger partial charge in [-0.3, -0.25) is 0 Å². The van der Waals surface area contributed by atoms with Gasteiger partial charge in [-0.1, -0.05) is 0 Å². The van der Waals surface area contributed by atoms with Crippen LogP contribution in [0.15, 0.2) is 6.07 Å². The highest BCUT2D eigenvalue weighted by Crippen LogP contribution is 2.30. The fourth-order valence-electron chi connectivity index (χ4n) is 2.42. The Morgan fingerprint density at radius 2 is 1.86 bits per heavy atom. The topological polar surface area (TPSA) is 59.7 Å². The van der Waals surface area contributed by atoms with Gasteiger partial charge in [0.2, 0.25) is 5.82 Å². The van der Waals surface area contributed by atoms with E-state index in [9.17, 15) is 13.2 Å². The van der Waals surface area contributed by atoms with E-state index in [-0.39, 0.29) is 13.1 Å². The molecular weight excluding hydrogens is 285 g/mol. The van der Waals surface area contributed by atoms with Crippen molar-refractivity contribution in [3.8, 4) is 0 Å². The summed E-state index contributed by atoms with van der Waals surface area (Å²) in [5.74, 6) is 0.686. The van der Waals surface area contributed by atoms with Gasteiger partial charge in [0.05, 0.1) is 6.54 Å². The van der Waals surface area contributed by atoms with Crippen LogP contribution in [0.25, 0.3) is 0 Å². The van der Waals surface area contributed by atoms with Gasteiger partial charge < -0.3 is 9.47 Å². The summed E-state index contributed by atoms with van der Waals surface area (Å²) in [5.41, 5.74) is 0.820. The van der Waals surface area contributed by atoms with E-state index in [1.54, 1.807) is 6.92 Å². The average Bonchev–Trinajstić information content (AvgIpc) is 2.80. The van der Waals surface area contributed by atoms with Crippen molar-refractivity contribution < 1.29 is 13.2 Å². The van der Waals surface area contributed by atoms with Gasteiger partial charge >= 0.3 is 6.18 Å². The molecule has 1 aliphatic rings. The summed E-state index contributed by atoms with van der Waals surface area (Å²) >= 11 is 0. The maximum Gasteiger partial charge on any atom is 0.451 e. The molecule has 0 spiro atoms. The first-order chi connectivity index (χ1) is 9.84. The van der Waals surface area contributed by atoms with Gasteiger partial charge in [0, 0.05) is 24.8 Å². The first kappa shape index (κ1) is 13.8. The van der Waals surface area contributed by atoms with Crippen LogP contribution >= 0.6 is 0 Å². The SMILES string of the molecule is Cc1cc(N2CCn3c(nnc3C(F)(F)F)C2)nc(C)n1. The first-order valence-corrected chi connectivity index (χ1v) is 6.41. The van der Waals surface area contributed by atoms with E-state index in [0.29, 0.717) is 24.0 Å². The van der Waals surface area contributed by atoms with Gasteiger partial charge in [0.1, 0.15) is 11.6 Å². The van der Waals surface area contributed by atoms with E-state index in [4.69, 9.17) is 0 Å². The van der Waals surface area contributed by atoms with E-state index in [2.05, 4.69) is 20.2 Å². The highest BCUT2D eigenvalue weighted by molar-refractivity contribution is 5.40. The summed E-state index contributed by atoms with van der Waals surface area (Å²) in [4.78, 5) is 10.4. The Morgan fingerprint density at radius 3 is 2.52 bits per heavy atom. The van der Waals surface area contributed by atoms with Crippen LogP contribution in [0.2, 0.25) is 0 Å². The zero-order chi connectivity index (χ0) is 15.2. The molecule has 0 saturated heterocycles. The van der Waals surface area contributed by atoms with Crippen LogP contribution < -0.4 is 4.90 Å². The Kier molecular flexibility index (Phi) is 3.07. The lowest BCUT2D eigenvalue weighted by atomic mass is 10.3. The van der Waals surface area contributed by atoms with Crippen LogP contribution in [0.5, 0.6) is 0 Å². The Balaban J connectivity index is 1.90. The molecule has 0 unspecified atom stereocenters. The lowest BCUT2D eigenvalue weighted by molar-refractivity contribution is -0.147. The predicted octanol–water partition coefficient (Wildman–Crippen LogP) is 1.72. The maximum atomic E-state index is 12.8. The predicted molar refractivity (Wildman–Crippen MR) is 67.6 cm³/mol. The van der Waals surface area contributed by atoms with E-state index in [0.717, 1.165) is 10.3 Å². The van der Waals surface area contributed by atoms with Crippen molar-refractivity contribution in [2.75, 3.05) is 11.4 Å². The third-order valence-electron chi connectivity index (χ3n) is 3.28. The molecule has 112 valence electrons. The van der Waals surface area contributed by atoms with E-state index in [1.807, 2.05) is 17.9 Å². The molecule has 1 aliphatic heterocycles. The van der Waals surface area contributed by atoms with E-state index < -0.39 is 12.0 Å². The van der Waals surface area contributed by atoms with Gasteiger partial charge in [-0.25, -0.2) is 9.97 Å². The number of aryl methyl sites for hydroxylation is 2. The molecule has 0 N–H and O–H groups in total. The van der Waals surface area contributed by atoms with Gasteiger partial charge in [-0.15, -0.1) is 10.2 Å². The smallest absolute Gasteiger partial charge is 0.347 e. The van der Waals surface area contributed by atoms with E-state index >= 15 is 0 Å². The molecule has 0 saturated carbocycles. The normalized spacial score (nSPS) is 15.2. The van der Waals surface area contributed by atoms with Crippen molar-refractivity contribution in [2.45, 2.75) is 33.1 Å². The Morgan fingerprint density at radius 1 is 1.10 bits per heavy atom. The number of rotatable bonds is 1.